The van der Waals surface area contributed by atoms with Crippen LogP contribution in [0.4, 0.5) is 0 Å². The van der Waals surface area contributed by atoms with E-state index in [1.54, 1.807) is 66.7 Å². The molecule has 3 aromatic carbocycles. The Labute approximate surface area is 232 Å². The van der Waals surface area contributed by atoms with Gasteiger partial charge in [0, 0.05) is 0 Å². The van der Waals surface area contributed by atoms with E-state index in [0.717, 1.165) is 10.9 Å². The molecule has 0 radical (unpaired) electrons. The number of ether oxygens (including phenoxy) is 4. The maximum atomic E-state index is 13.1. The van der Waals surface area contributed by atoms with E-state index in [2.05, 4.69) is 10.1 Å². The SMILES string of the molecule is O=C(OC[C@H]1O[C@@H](n2ncc(=O)[nH]c2=O)[C@H](OC(=O)c2ccccc2)[C@@H]1OC(=O)c1ccccc1)c1ccccc1. The summed E-state index contributed by atoms with van der Waals surface area (Å²) in [4.78, 5) is 65.3. The average Bonchev–Trinajstić information content (AvgIpc) is 3.33. The van der Waals surface area contributed by atoms with Crippen molar-refractivity contribution in [3.63, 3.8) is 0 Å². The van der Waals surface area contributed by atoms with Crippen LogP contribution >= 0.6 is 0 Å². The molecule has 12 heteroatoms. The number of H-pyrrole nitrogens is 1. The van der Waals surface area contributed by atoms with Gasteiger partial charge in [0.15, 0.2) is 18.4 Å². The molecule has 1 saturated heterocycles. The fourth-order valence-corrected chi connectivity index (χ4v) is 4.20. The zero-order chi connectivity index (χ0) is 28.8. The maximum absolute atomic E-state index is 13.1. The molecule has 1 fully saturated rings. The van der Waals surface area contributed by atoms with E-state index in [-0.39, 0.29) is 16.7 Å². The largest absolute Gasteiger partial charge is 0.459 e. The molecule has 1 aliphatic heterocycles. The Hall–Kier alpha value is -5.36. The second kappa shape index (κ2) is 12.2. The number of carbonyl (C=O) groups is 3. The smallest absolute Gasteiger partial charge is 0.347 e. The van der Waals surface area contributed by atoms with Crippen LogP contribution in [0.25, 0.3) is 0 Å². The molecular weight excluding hydrogens is 534 g/mol. The lowest BCUT2D eigenvalue weighted by atomic mass is 10.1. The van der Waals surface area contributed by atoms with E-state index in [1.807, 2.05) is 0 Å². The lowest BCUT2D eigenvalue weighted by Gasteiger charge is -2.24. The minimum absolute atomic E-state index is 0.181. The van der Waals surface area contributed by atoms with Crippen LogP contribution in [0.1, 0.15) is 37.3 Å². The van der Waals surface area contributed by atoms with Gasteiger partial charge in [-0.15, -0.1) is 0 Å². The molecule has 0 unspecified atom stereocenters. The predicted molar refractivity (Wildman–Crippen MR) is 141 cm³/mol. The van der Waals surface area contributed by atoms with Gasteiger partial charge in [0.2, 0.25) is 0 Å². The summed E-state index contributed by atoms with van der Waals surface area (Å²) in [5.74, 6) is -2.26. The molecule has 41 heavy (non-hydrogen) atoms. The van der Waals surface area contributed by atoms with E-state index in [4.69, 9.17) is 18.9 Å². The summed E-state index contributed by atoms with van der Waals surface area (Å²) >= 11 is 0. The second-order valence-electron chi connectivity index (χ2n) is 8.89. The predicted octanol–water partition coefficient (Wildman–Crippen LogP) is 2.14. The number of nitrogens with one attached hydrogen (secondary N) is 1. The summed E-state index contributed by atoms with van der Waals surface area (Å²) in [6.07, 6.45) is -4.61. The molecule has 0 aliphatic carbocycles. The molecule has 4 aromatic rings. The van der Waals surface area contributed by atoms with Crippen LogP contribution in [0.15, 0.2) is 107 Å². The number of nitrogens with zero attached hydrogens (tertiary/aromatic N) is 2. The van der Waals surface area contributed by atoms with Crippen LogP contribution in [0, 0.1) is 0 Å². The first-order valence-electron chi connectivity index (χ1n) is 12.5. The van der Waals surface area contributed by atoms with E-state index in [1.165, 1.54) is 24.3 Å². The fourth-order valence-electron chi connectivity index (χ4n) is 4.20. The first-order valence-corrected chi connectivity index (χ1v) is 12.5. The zero-order valence-corrected chi connectivity index (χ0v) is 21.3. The molecule has 0 bridgehead atoms. The molecule has 0 saturated carbocycles. The highest BCUT2D eigenvalue weighted by Gasteiger charge is 2.52. The molecular formula is C29H23N3O9. The van der Waals surface area contributed by atoms with Crippen molar-refractivity contribution in [2.75, 3.05) is 6.61 Å². The number of aromatic amines is 1. The molecule has 1 aliphatic rings. The Morgan fingerprint density at radius 2 is 1.22 bits per heavy atom. The van der Waals surface area contributed by atoms with Crippen molar-refractivity contribution >= 4 is 17.9 Å². The minimum Gasteiger partial charge on any atom is -0.459 e. The first kappa shape index (κ1) is 27.2. The Kier molecular flexibility index (Phi) is 8.11. The van der Waals surface area contributed by atoms with Gasteiger partial charge in [-0.2, -0.15) is 9.78 Å². The molecule has 2 heterocycles. The van der Waals surface area contributed by atoms with Gasteiger partial charge in [-0.3, -0.25) is 9.78 Å². The first-order chi connectivity index (χ1) is 19.9. The van der Waals surface area contributed by atoms with Crippen LogP contribution in [0.5, 0.6) is 0 Å². The summed E-state index contributed by atoms with van der Waals surface area (Å²) < 4.78 is 23.7. The van der Waals surface area contributed by atoms with Crippen molar-refractivity contribution in [3.05, 3.63) is 135 Å². The van der Waals surface area contributed by atoms with E-state index >= 15 is 0 Å². The van der Waals surface area contributed by atoms with E-state index < -0.39 is 60.3 Å². The van der Waals surface area contributed by atoms with Crippen LogP contribution in [0.2, 0.25) is 0 Å². The lowest BCUT2D eigenvalue weighted by Crippen LogP contribution is -2.43. The third-order valence-electron chi connectivity index (χ3n) is 6.16. The number of aromatic nitrogens is 3. The highest BCUT2D eigenvalue weighted by atomic mass is 16.7. The van der Waals surface area contributed by atoms with Gasteiger partial charge in [0.1, 0.15) is 18.9 Å². The Balaban J connectivity index is 1.50. The number of esters is 3. The molecule has 1 aromatic heterocycles. The molecule has 0 amide bonds. The van der Waals surface area contributed by atoms with Gasteiger partial charge >= 0.3 is 23.6 Å². The third kappa shape index (κ3) is 6.28. The van der Waals surface area contributed by atoms with E-state index in [0.29, 0.717) is 0 Å². The van der Waals surface area contributed by atoms with Crippen molar-refractivity contribution in [2.24, 2.45) is 0 Å². The summed E-state index contributed by atoms with van der Waals surface area (Å²) in [5.41, 5.74) is -1.07. The van der Waals surface area contributed by atoms with Gasteiger partial charge in [0.25, 0.3) is 5.56 Å². The summed E-state index contributed by atoms with van der Waals surface area (Å²) in [6, 6.07) is 24.2. The number of hydrogen-bond donors (Lipinski definition) is 1. The molecule has 5 rings (SSSR count). The Morgan fingerprint density at radius 1 is 0.732 bits per heavy atom. The number of rotatable bonds is 8. The van der Waals surface area contributed by atoms with Gasteiger partial charge in [-0.25, -0.2) is 19.2 Å². The highest BCUT2D eigenvalue weighted by molar-refractivity contribution is 5.91. The Morgan fingerprint density at radius 3 is 1.73 bits per heavy atom. The monoisotopic (exact) mass is 557 g/mol. The Bertz CT molecular complexity index is 1640. The van der Waals surface area contributed by atoms with Crippen molar-refractivity contribution in [2.45, 2.75) is 24.5 Å². The third-order valence-corrected chi connectivity index (χ3v) is 6.16. The van der Waals surface area contributed by atoms with E-state index in [9.17, 15) is 24.0 Å². The summed E-state index contributed by atoms with van der Waals surface area (Å²) in [7, 11) is 0. The van der Waals surface area contributed by atoms with Gasteiger partial charge in [-0.1, -0.05) is 54.6 Å². The van der Waals surface area contributed by atoms with Gasteiger partial charge in [0.05, 0.1) is 16.7 Å². The summed E-state index contributed by atoms with van der Waals surface area (Å²) in [6.45, 7) is -0.436. The highest BCUT2D eigenvalue weighted by Crippen LogP contribution is 2.34. The quantitative estimate of drug-likeness (QED) is 0.252. The molecule has 12 nitrogen and oxygen atoms in total. The normalized spacial score (nSPS) is 19.7. The van der Waals surface area contributed by atoms with Crippen molar-refractivity contribution in [1.29, 1.82) is 0 Å². The molecule has 1 N–H and O–H groups in total. The van der Waals surface area contributed by atoms with Crippen molar-refractivity contribution in [3.8, 4) is 0 Å². The molecule has 208 valence electrons. The number of hydrogen-bond acceptors (Lipinski definition) is 10. The standard InChI is InChI=1S/C29H23N3O9/c33-22-16-30-32(29(37)31-22)25-24(41-28(36)20-14-8-3-9-15-20)23(40-27(35)19-12-6-2-7-13-19)21(39-25)17-38-26(34)18-10-4-1-5-11-18/h1-16,21,23-25H,17H2,(H,31,33,37)/t21-,23-,24-,25-/m1/s1. The zero-order valence-electron chi connectivity index (χ0n) is 21.3. The lowest BCUT2D eigenvalue weighted by molar-refractivity contribution is -0.0699. The second-order valence-corrected chi connectivity index (χ2v) is 8.89. The maximum Gasteiger partial charge on any atom is 0.347 e. The van der Waals surface area contributed by atoms with Crippen LogP contribution in [0.3, 0.4) is 0 Å². The van der Waals surface area contributed by atoms with Crippen LogP contribution in [-0.4, -0.2) is 57.6 Å². The molecule has 0 spiro atoms. The number of carbonyl (C=O) groups excluding carboxylic acids is 3. The van der Waals surface area contributed by atoms with Gasteiger partial charge < -0.3 is 18.9 Å². The number of benzene rings is 3. The van der Waals surface area contributed by atoms with Gasteiger partial charge in [-0.05, 0) is 36.4 Å². The topological polar surface area (TPSA) is 156 Å². The van der Waals surface area contributed by atoms with Crippen molar-refractivity contribution in [1.82, 2.24) is 14.8 Å². The fraction of sp³-hybridized carbons (Fsp3) is 0.172. The average molecular weight is 558 g/mol. The minimum atomic E-state index is -1.46. The van der Waals surface area contributed by atoms with Crippen LogP contribution < -0.4 is 11.2 Å². The van der Waals surface area contributed by atoms with Crippen molar-refractivity contribution < 1.29 is 33.3 Å². The summed E-state index contributed by atoms with van der Waals surface area (Å²) in [5, 5.41) is 3.83. The molecule has 4 atom stereocenters. The van der Waals surface area contributed by atoms with Crippen LogP contribution in [-0.2, 0) is 18.9 Å².